The molecule has 3 heterocycles. The SMILES string of the molecule is C=Cc1ccc(-n2cnc3c(sc4nccc(NC)c43)c2=O)cc1. The lowest BCUT2D eigenvalue weighted by Crippen LogP contribution is -2.17. The molecule has 3 aromatic heterocycles. The van der Waals surface area contributed by atoms with E-state index in [0.717, 1.165) is 27.2 Å². The van der Waals surface area contributed by atoms with Crippen LogP contribution in [0.1, 0.15) is 5.56 Å². The van der Waals surface area contributed by atoms with Crippen molar-refractivity contribution in [1.29, 1.82) is 0 Å². The Kier molecular flexibility index (Phi) is 3.39. The highest BCUT2D eigenvalue weighted by atomic mass is 32.1. The fourth-order valence-electron chi connectivity index (χ4n) is 2.72. The molecule has 0 aliphatic carbocycles. The molecule has 4 aromatic rings. The zero-order chi connectivity index (χ0) is 16.7. The van der Waals surface area contributed by atoms with E-state index < -0.39 is 0 Å². The van der Waals surface area contributed by atoms with E-state index in [1.807, 2.05) is 37.4 Å². The molecule has 0 unspecified atom stereocenters. The third-order valence-electron chi connectivity index (χ3n) is 3.96. The van der Waals surface area contributed by atoms with Crippen molar-refractivity contribution in [2.24, 2.45) is 0 Å². The Morgan fingerprint density at radius 3 is 2.71 bits per heavy atom. The number of hydrogen-bond donors (Lipinski definition) is 1. The first-order valence-electron chi connectivity index (χ1n) is 7.42. The Morgan fingerprint density at radius 1 is 1.21 bits per heavy atom. The van der Waals surface area contributed by atoms with Crippen molar-refractivity contribution in [1.82, 2.24) is 14.5 Å². The fourth-order valence-corrected chi connectivity index (χ4v) is 3.77. The van der Waals surface area contributed by atoms with Crippen LogP contribution in [0.2, 0.25) is 0 Å². The molecular formula is C18H14N4OS. The van der Waals surface area contributed by atoms with Gasteiger partial charge in [-0.15, -0.1) is 11.3 Å². The molecule has 118 valence electrons. The monoisotopic (exact) mass is 334 g/mol. The molecule has 0 atom stereocenters. The van der Waals surface area contributed by atoms with E-state index in [2.05, 4.69) is 21.9 Å². The zero-order valence-corrected chi connectivity index (χ0v) is 13.8. The summed E-state index contributed by atoms with van der Waals surface area (Å²) >= 11 is 1.37. The summed E-state index contributed by atoms with van der Waals surface area (Å²) in [6, 6.07) is 9.50. The summed E-state index contributed by atoms with van der Waals surface area (Å²) in [6.45, 7) is 3.74. The van der Waals surface area contributed by atoms with Crippen LogP contribution < -0.4 is 10.9 Å². The van der Waals surface area contributed by atoms with E-state index in [9.17, 15) is 4.79 Å². The zero-order valence-electron chi connectivity index (χ0n) is 13.0. The second kappa shape index (κ2) is 5.58. The molecule has 6 heteroatoms. The van der Waals surface area contributed by atoms with Crippen LogP contribution in [-0.4, -0.2) is 21.6 Å². The van der Waals surface area contributed by atoms with Crippen LogP contribution in [0.3, 0.4) is 0 Å². The van der Waals surface area contributed by atoms with Crippen molar-refractivity contribution < 1.29 is 0 Å². The van der Waals surface area contributed by atoms with Gasteiger partial charge in [-0.2, -0.15) is 0 Å². The summed E-state index contributed by atoms with van der Waals surface area (Å²) in [5, 5.41) is 4.03. The number of thiophene rings is 1. The number of nitrogens with zero attached hydrogens (tertiary/aromatic N) is 3. The van der Waals surface area contributed by atoms with Gasteiger partial charge in [-0.25, -0.2) is 9.97 Å². The van der Waals surface area contributed by atoms with Crippen LogP contribution >= 0.6 is 11.3 Å². The normalized spacial score (nSPS) is 11.0. The second-order valence-corrected chi connectivity index (χ2v) is 6.28. The Bertz CT molecular complexity index is 1130. The lowest BCUT2D eigenvalue weighted by Gasteiger charge is -2.06. The lowest BCUT2D eigenvalue weighted by molar-refractivity contribution is 0.967. The Balaban J connectivity index is 2.00. The predicted molar refractivity (Wildman–Crippen MR) is 100 cm³/mol. The van der Waals surface area contributed by atoms with Gasteiger partial charge in [0.1, 0.15) is 15.9 Å². The summed E-state index contributed by atoms with van der Waals surface area (Å²) in [6.07, 6.45) is 5.08. The smallest absolute Gasteiger partial charge is 0.275 e. The van der Waals surface area contributed by atoms with Gasteiger partial charge >= 0.3 is 0 Å². The summed E-state index contributed by atoms with van der Waals surface area (Å²) in [5.41, 5.74) is 3.31. The van der Waals surface area contributed by atoms with E-state index in [0.29, 0.717) is 10.2 Å². The van der Waals surface area contributed by atoms with Crippen LogP contribution in [0.25, 0.3) is 32.2 Å². The minimum Gasteiger partial charge on any atom is -0.387 e. The molecule has 0 amide bonds. The Labute approximate surface area is 141 Å². The number of rotatable bonds is 3. The van der Waals surface area contributed by atoms with Gasteiger partial charge in [-0.05, 0) is 23.8 Å². The van der Waals surface area contributed by atoms with Crippen molar-refractivity contribution in [3.05, 3.63) is 65.4 Å². The van der Waals surface area contributed by atoms with Gasteiger partial charge in [0.05, 0.1) is 16.6 Å². The summed E-state index contributed by atoms with van der Waals surface area (Å²) < 4.78 is 2.17. The van der Waals surface area contributed by atoms with E-state index in [1.54, 1.807) is 23.2 Å². The number of aromatic nitrogens is 3. The van der Waals surface area contributed by atoms with Gasteiger partial charge in [-0.1, -0.05) is 24.8 Å². The van der Waals surface area contributed by atoms with Gasteiger partial charge in [0.2, 0.25) is 0 Å². The molecule has 0 bridgehead atoms. The molecule has 0 aliphatic rings. The van der Waals surface area contributed by atoms with Gasteiger partial charge in [0.15, 0.2) is 0 Å². The van der Waals surface area contributed by atoms with Crippen LogP contribution in [-0.2, 0) is 0 Å². The maximum absolute atomic E-state index is 12.9. The maximum Gasteiger partial charge on any atom is 0.275 e. The minimum absolute atomic E-state index is 0.0867. The standard InChI is InChI=1S/C18H14N4OS/c1-3-11-4-6-12(7-5-11)22-10-21-15-14-13(19-2)8-9-20-17(14)24-16(15)18(22)23/h3-10H,1H2,2H3,(H,19,20). The second-order valence-electron chi connectivity index (χ2n) is 5.28. The number of hydrogen-bond acceptors (Lipinski definition) is 5. The summed E-state index contributed by atoms with van der Waals surface area (Å²) in [7, 11) is 1.85. The van der Waals surface area contributed by atoms with E-state index >= 15 is 0 Å². The molecule has 0 radical (unpaired) electrons. The molecule has 24 heavy (non-hydrogen) atoms. The van der Waals surface area contributed by atoms with Crippen molar-refractivity contribution >= 4 is 43.5 Å². The molecule has 1 N–H and O–H groups in total. The van der Waals surface area contributed by atoms with Crippen LogP contribution in [0.15, 0.2) is 54.2 Å². The number of benzene rings is 1. The minimum atomic E-state index is -0.0867. The Morgan fingerprint density at radius 2 is 2.00 bits per heavy atom. The summed E-state index contributed by atoms with van der Waals surface area (Å²) in [5.74, 6) is 0. The summed E-state index contributed by atoms with van der Waals surface area (Å²) in [4.78, 5) is 22.6. The fraction of sp³-hybridized carbons (Fsp3) is 0.0556. The van der Waals surface area contributed by atoms with Crippen molar-refractivity contribution in [3.63, 3.8) is 0 Å². The largest absolute Gasteiger partial charge is 0.387 e. The third kappa shape index (κ3) is 2.11. The number of pyridine rings is 1. The number of fused-ring (bicyclic) bond motifs is 3. The lowest BCUT2D eigenvalue weighted by atomic mass is 10.2. The van der Waals surface area contributed by atoms with Crippen molar-refractivity contribution in [2.75, 3.05) is 12.4 Å². The van der Waals surface area contributed by atoms with Crippen LogP contribution in [0, 0.1) is 0 Å². The first kappa shape index (κ1) is 14.6. The molecular weight excluding hydrogens is 320 g/mol. The van der Waals surface area contributed by atoms with Crippen LogP contribution in [0.4, 0.5) is 5.69 Å². The molecule has 0 saturated heterocycles. The van der Waals surface area contributed by atoms with Gasteiger partial charge in [0, 0.05) is 18.9 Å². The highest BCUT2D eigenvalue weighted by molar-refractivity contribution is 7.25. The van der Waals surface area contributed by atoms with E-state index in [4.69, 9.17) is 0 Å². The van der Waals surface area contributed by atoms with E-state index in [-0.39, 0.29) is 5.56 Å². The molecule has 0 spiro atoms. The maximum atomic E-state index is 12.9. The average Bonchev–Trinajstić information content (AvgIpc) is 3.02. The predicted octanol–water partition coefficient (Wildman–Crippen LogP) is 3.68. The van der Waals surface area contributed by atoms with E-state index in [1.165, 1.54) is 11.3 Å². The van der Waals surface area contributed by atoms with Gasteiger partial charge in [0.25, 0.3) is 5.56 Å². The quantitative estimate of drug-likeness (QED) is 0.621. The third-order valence-corrected chi connectivity index (χ3v) is 5.03. The average molecular weight is 334 g/mol. The van der Waals surface area contributed by atoms with Crippen LogP contribution in [0.5, 0.6) is 0 Å². The topological polar surface area (TPSA) is 59.8 Å². The molecule has 0 aliphatic heterocycles. The number of anilines is 1. The molecule has 1 aromatic carbocycles. The van der Waals surface area contributed by atoms with Crippen molar-refractivity contribution in [2.45, 2.75) is 0 Å². The molecule has 0 saturated carbocycles. The highest BCUT2D eigenvalue weighted by Gasteiger charge is 2.15. The first-order chi connectivity index (χ1) is 11.7. The van der Waals surface area contributed by atoms with Gasteiger partial charge in [-0.3, -0.25) is 9.36 Å². The molecule has 5 nitrogen and oxygen atoms in total. The highest BCUT2D eigenvalue weighted by Crippen LogP contribution is 2.33. The molecule has 0 fully saturated rings. The number of nitrogens with one attached hydrogen (secondary N) is 1. The Hall–Kier alpha value is -2.99. The first-order valence-corrected chi connectivity index (χ1v) is 8.24. The van der Waals surface area contributed by atoms with Gasteiger partial charge < -0.3 is 5.32 Å². The van der Waals surface area contributed by atoms with Crippen molar-refractivity contribution in [3.8, 4) is 5.69 Å². The molecule has 4 rings (SSSR count).